The van der Waals surface area contributed by atoms with Crippen LogP contribution >= 0.6 is 0 Å². The molecule has 2 saturated carbocycles. The monoisotopic (exact) mass is 382 g/mol. The first-order valence-corrected chi connectivity index (χ1v) is 11.3. The molecule has 0 radical (unpaired) electrons. The number of carbonyl (C=O) groups excluding carboxylic acids is 1. The van der Waals surface area contributed by atoms with E-state index < -0.39 is 0 Å². The molecule has 1 saturated heterocycles. The number of carbonyl (C=O) groups is 1. The second-order valence-corrected chi connectivity index (χ2v) is 9.72. The van der Waals surface area contributed by atoms with Gasteiger partial charge in [0.25, 0.3) is 0 Å². The first-order chi connectivity index (χ1) is 13.6. The number of benzene rings is 1. The van der Waals surface area contributed by atoms with Crippen LogP contribution in [0, 0.1) is 17.3 Å². The number of fused-ring (bicyclic) bond motifs is 5. The third-order valence-electron chi connectivity index (χ3n) is 8.44. The van der Waals surface area contributed by atoms with Gasteiger partial charge in [-0.15, -0.1) is 0 Å². The van der Waals surface area contributed by atoms with Crippen molar-refractivity contribution in [3.05, 3.63) is 28.8 Å². The summed E-state index contributed by atoms with van der Waals surface area (Å²) < 4.78 is 5.80. The number of hydrogen-bond donors (Lipinski definition) is 1. The molecule has 1 aromatic rings. The standard InChI is InChI=1S/C24H34N2O2/c1-24-8-7-18-19(21(24)5-6-23(24)27)4-3-16-14-22(28-2)17(13-20(16)18)15-26-11-9-25-10-12-26/h13-14,18-19,21,25H,3-12,15H2,1-2H3/t18-,19+,21-,24-/m0/s1. The highest BCUT2D eigenvalue weighted by atomic mass is 16.5. The van der Waals surface area contributed by atoms with Gasteiger partial charge in [-0.3, -0.25) is 9.69 Å². The van der Waals surface area contributed by atoms with Gasteiger partial charge < -0.3 is 10.1 Å². The summed E-state index contributed by atoms with van der Waals surface area (Å²) in [5.74, 6) is 3.53. The summed E-state index contributed by atoms with van der Waals surface area (Å²) >= 11 is 0. The number of aryl methyl sites for hydroxylation is 1. The summed E-state index contributed by atoms with van der Waals surface area (Å²) in [5.41, 5.74) is 4.38. The molecule has 0 amide bonds. The fourth-order valence-corrected chi connectivity index (χ4v) is 6.84. The van der Waals surface area contributed by atoms with E-state index >= 15 is 0 Å². The number of methoxy groups -OCH3 is 1. The Morgan fingerprint density at radius 2 is 2.00 bits per heavy atom. The molecule has 4 nitrogen and oxygen atoms in total. The summed E-state index contributed by atoms with van der Waals surface area (Å²) in [4.78, 5) is 15.1. The highest BCUT2D eigenvalue weighted by Crippen LogP contribution is 2.59. The average Bonchev–Trinajstić information content (AvgIpc) is 3.03. The first-order valence-electron chi connectivity index (χ1n) is 11.3. The Balaban J connectivity index is 1.46. The number of ether oxygens (including phenoxy) is 1. The molecule has 5 rings (SSSR count). The van der Waals surface area contributed by atoms with Crippen LogP contribution in [0.1, 0.15) is 61.6 Å². The minimum atomic E-state index is -0.0330. The van der Waals surface area contributed by atoms with Gasteiger partial charge in [-0.25, -0.2) is 0 Å². The Morgan fingerprint density at radius 1 is 1.18 bits per heavy atom. The van der Waals surface area contributed by atoms with Crippen molar-refractivity contribution in [1.82, 2.24) is 10.2 Å². The van der Waals surface area contributed by atoms with Crippen molar-refractivity contribution in [2.24, 2.45) is 17.3 Å². The van der Waals surface area contributed by atoms with Crippen molar-refractivity contribution in [2.45, 2.75) is 57.9 Å². The molecular weight excluding hydrogens is 348 g/mol. The zero-order valence-electron chi connectivity index (χ0n) is 17.4. The topological polar surface area (TPSA) is 41.6 Å². The zero-order valence-corrected chi connectivity index (χ0v) is 17.4. The van der Waals surface area contributed by atoms with Crippen molar-refractivity contribution in [3.63, 3.8) is 0 Å². The molecule has 152 valence electrons. The maximum atomic E-state index is 12.6. The van der Waals surface area contributed by atoms with E-state index in [0.29, 0.717) is 23.5 Å². The zero-order chi connectivity index (χ0) is 19.3. The second-order valence-electron chi connectivity index (χ2n) is 9.72. The van der Waals surface area contributed by atoms with Gasteiger partial charge in [-0.1, -0.05) is 13.0 Å². The molecule has 0 bridgehead atoms. The van der Waals surface area contributed by atoms with Crippen molar-refractivity contribution in [3.8, 4) is 5.75 Å². The largest absolute Gasteiger partial charge is 0.496 e. The summed E-state index contributed by atoms with van der Waals surface area (Å²) in [6, 6.07) is 4.81. The molecule has 4 aliphatic rings. The lowest BCUT2D eigenvalue weighted by Gasteiger charge is -2.48. The van der Waals surface area contributed by atoms with Gasteiger partial charge in [-0.2, -0.15) is 0 Å². The van der Waals surface area contributed by atoms with Gasteiger partial charge in [-0.05, 0) is 67.1 Å². The number of nitrogens with zero attached hydrogens (tertiary/aromatic N) is 1. The summed E-state index contributed by atoms with van der Waals surface area (Å²) in [7, 11) is 1.81. The van der Waals surface area contributed by atoms with Crippen LogP contribution < -0.4 is 10.1 Å². The molecule has 1 aliphatic heterocycles. The van der Waals surface area contributed by atoms with Crippen molar-refractivity contribution in [1.29, 1.82) is 0 Å². The van der Waals surface area contributed by atoms with Gasteiger partial charge in [0.05, 0.1) is 7.11 Å². The first kappa shape index (κ1) is 18.6. The number of ketones is 1. The Hall–Kier alpha value is -1.39. The predicted molar refractivity (Wildman–Crippen MR) is 111 cm³/mol. The lowest BCUT2D eigenvalue weighted by Crippen LogP contribution is -2.43. The number of piperazine rings is 1. The van der Waals surface area contributed by atoms with E-state index in [2.05, 4.69) is 29.3 Å². The van der Waals surface area contributed by atoms with Gasteiger partial charge in [0, 0.05) is 50.1 Å². The van der Waals surface area contributed by atoms with E-state index in [1.807, 2.05) is 7.11 Å². The fourth-order valence-electron chi connectivity index (χ4n) is 6.84. The van der Waals surface area contributed by atoms with Crippen LogP contribution in [0.3, 0.4) is 0 Å². The van der Waals surface area contributed by atoms with E-state index in [1.54, 1.807) is 5.56 Å². The number of nitrogens with one attached hydrogen (secondary N) is 1. The van der Waals surface area contributed by atoms with E-state index in [0.717, 1.165) is 64.2 Å². The molecule has 28 heavy (non-hydrogen) atoms. The average molecular weight is 383 g/mol. The normalized spacial score (nSPS) is 35.2. The van der Waals surface area contributed by atoms with Crippen molar-refractivity contribution in [2.75, 3.05) is 33.3 Å². The van der Waals surface area contributed by atoms with Crippen LogP contribution in [0.4, 0.5) is 0 Å². The van der Waals surface area contributed by atoms with Gasteiger partial charge in [0.2, 0.25) is 0 Å². The molecule has 4 heteroatoms. The molecule has 4 atom stereocenters. The lowest BCUT2D eigenvalue weighted by molar-refractivity contribution is -0.129. The van der Waals surface area contributed by atoms with Crippen LogP contribution in [-0.2, 0) is 17.8 Å². The van der Waals surface area contributed by atoms with Crippen molar-refractivity contribution < 1.29 is 9.53 Å². The third kappa shape index (κ3) is 2.91. The SMILES string of the molecule is COc1cc2c(cc1CN1CCNCC1)[C@H]1CC[C@]3(C)C(=O)CC[C@H]3[C@@H]1CC2. The second kappa shape index (κ2) is 7.14. The summed E-state index contributed by atoms with van der Waals surface area (Å²) in [5, 5.41) is 3.44. The molecule has 1 aromatic carbocycles. The van der Waals surface area contributed by atoms with E-state index in [1.165, 1.54) is 24.0 Å². The minimum Gasteiger partial charge on any atom is -0.496 e. The molecular formula is C24H34N2O2. The summed E-state index contributed by atoms with van der Waals surface area (Å²) in [6.45, 7) is 7.61. The lowest BCUT2D eigenvalue weighted by atomic mass is 9.55. The van der Waals surface area contributed by atoms with Crippen LogP contribution in [0.2, 0.25) is 0 Å². The van der Waals surface area contributed by atoms with Crippen LogP contribution in [-0.4, -0.2) is 44.0 Å². The number of hydrogen-bond acceptors (Lipinski definition) is 4. The Morgan fingerprint density at radius 3 is 2.79 bits per heavy atom. The van der Waals surface area contributed by atoms with Crippen LogP contribution in [0.25, 0.3) is 0 Å². The minimum absolute atomic E-state index is 0.0330. The molecule has 0 spiro atoms. The molecule has 3 fully saturated rings. The molecule has 0 aromatic heterocycles. The Kier molecular flexibility index (Phi) is 4.75. The van der Waals surface area contributed by atoms with Gasteiger partial charge in [0.1, 0.15) is 11.5 Å². The highest BCUT2D eigenvalue weighted by Gasteiger charge is 2.54. The van der Waals surface area contributed by atoms with E-state index in [9.17, 15) is 4.79 Å². The maximum Gasteiger partial charge on any atom is 0.139 e. The van der Waals surface area contributed by atoms with Gasteiger partial charge >= 0.3 is 0 Å². The van der Waals surface area contributed by atoms with Crippen LogP contribution in [0.5, 0.6) is 5.75 Å². The quantitative estimate of drug-likeness (QED) is 0.868. The number of Topliss-reactive ketones (excluding diaryl/α,β-unsaturated/α-hetero) is 1. The third-order valence-corrected chi connectivity index (χ3v) is 8.44. The summed E-state index contributed by atoms with van der Waals surface area (Å²) in [6.07, 6.45) is 6.57. The Labute approximate surface area is 169 Å². The molecule has 3 aliphatic carbocycles. The maximum absolute atomic E-state index is 12.6. The van der Waals surface area contributed by atoms with Gasteiger partial charge in [0.15, 0.2) is 0 Å². The van der Waals surface area contributed by atoms with Crippen molar-refractivity contribution >= 4 is 5.78 Å². The Bertz CT molecular complexity index is 770. The van der Waals surface area contributed by atoms with Crippen LogP contribution in [0.15, 0.2) is 12.1 Å². The molecule has 1 N–H and O–H groups in total. The smallest absolute Gasteiger partial charge is 0.139 e. The highest BCUT2D eigenvalue weighted by molar-refractivity contribution is 5.87. The molecule has 0 unspecified atom stereocenters. The van der Waals surface area contributed by atoms with E-state index in [-0.39, 0.29) is 5.41 Å². The van der Waals surface area contributed by atoms with E-state index in [4.69, 9.17) is 4.74 Å². The fraction of sp³-hybridized carbons (Fsp3) is 0.708. The molecule has 1 heterocycles. The number of rotatable bonds is 3. The predicted octanol–water partition coefficient (Wildman–Crippen LogP) is 3.53.